The van der Waals surface area contributed by atoms with Gasteiger partial charge in [0.05, 0.1) is 12.6 Å². The topological polar surface area (TPSA) is 59.9 Å². The van der Waals surface area contributed by atoms with Crippen molar-refractivity contribution < 1.29 is 4.74 Å². The van der Waals surface area contributed by atoms with Crippen molar-refractivity contribution in [2.24, 2.45) is 0 Å². The van der Waals surface area contributed by atoms with Crippen molar-refractivity contribution in [3.8, 4) is 0 Å². The van der Waals surface area contributed by atoms with Crippen LogP contribution < -0.4 is 5.69 Å². The number of hydrogen-bond donors (Lipinski definition) is 1. The van der Waals surface area contributed by atoms with Gasteiger partial charge in [-0.05, 0) is 35.2 Å². The Labute approximate surface area is 157 Å². The largest absolute Gasteiger partial charge is 0.376 e. The Bertz CT molecular complexity index is 947. The summed E-state index contributed by atoms with van der Waals surface area (Å²) in [7, 11) is 0. The van der Waals surface area contributed by atoms with Crippen molar-refractivity contribution in [2.45, 2.75) is 36.4 Å². The highest BCUT2D eigenvalue weighted by molar-refractivity contribution is 9.10. The molecule has 0 spiro atoms. The zero-order chi connectivity index (χ0) is 17.2. The average Bonchev–Trinajstić information content (AvgIpc) is 3.25. The summed E-state index contributed by atoms with van der Waals surface area (Å²) >= 11 is 5.18. The van der Waals surface area contributed by atoms with Crippen LogP contribution in [0.1, 0.15) is 18.4 Å². The maximum Gasteiger partial charge on any atom is 0.344 e. The van der Waals surface area contributed by atoms with Gasteiger partial charge in [-0.2, -0.15) is 0 Å². The first-order valence-electron chi connectivity index (χ1n) is 8.28. The van der Waals surface area contributed by atoms with Crippen LogP contribution in [0.3, 0.4) is 0 Å². The zero-order valence-corrected chi connectivity index (χ0v) is 16.0. The Morgan fingerprint density at radius 2 is 2.12 bits per heavy atom. The molecule has 0 bridgehead atoms. The summed E-state index contributed by atoms with van der Waals surface area (Å²) in [5, 5.41) is 9.89. The highest BCUT2D eigenvalue weighted by atomic mass is 79.9. The van der Waals surface area contributed by atoms with E-state index >= 15 is 0 Å². The third-order valence-corrected chi connectivity index (χ3v) is 6.17. The van der Waals surface area contributed by atoms with Crippen LogP contribution in [0.5, 0.6) is 0 Å². The SMILES string of the molecule is O=c1[nH]nc(SCc2cccc3c(Br)cccc23)n1CC1CCCO1. The van der Waals surface area contributed by atoms with Gasteiger partial charge in [0.2, 0.25) is 0 Å². The number of halogens is 1. The molecule has 1 N–H and O–H groups in total. The summed E-state index contributed by atoms with van der Waals surface area (Å²) in [6.07, 6.45) is 2.17. The van der Waals surface area contributed by atoms with Crippen molar-refractivity contribution in [3.05, 3.63) is 56.9 Å². The molecular formula is C18H18BrN3O2S. The Hall–Kier alpha value is -1.57. The van der Waals surface area contributed by atoms with Crippen LogP contribution in [0, 0.1) is 0 Å². The molecule has 2 aromatic carbocycles. The van der Waals surface area contributed by atoms with Crippen molar-refractivity contribution in [1.29, 1.82) is 0 Å². The molecule has 1 unspecified atom stereocenters. The fourth-order valence-electron chi connectivity index (χ4n) is 3.17. The van der Waals surface area contributed by atoms with E-state index in [2.05, 4.69) is 50.4 Å². The molecular weight excluding hydrogens is 402 g/mol. The molecule has 1 fully saturated rings. The number of fused-ring (bicyclic) bond motifs is 1. The number of aromatic amines is 1. The van der Waals surface area contributed by atoms with Gasteiger partial charge in [0.25, 0.3) is 0 Å². The molecule has 1 aromatic heterocycles. The van der Waals surface area contributed by atoms with Gasteiger partial charge >= 0.3 is 5.69 Å². The summed E-state index contributed by atoms with van der Waals surface area (Å²) in [6.45, 7) is 1.35. The first-order chi connectivity index (χ1) is 12.2. The summed E-state index contributed by atoms with van der Waals surface area (Å²) in [6, 6.07) is 12.5. The van der Waals surface area contributed by atoms with E-state index in [-0.39, 0.29) is 11.8 Å². The maximum atomic E-state index is 12.1. The molecule has 5 nitrogen and oxygen atoms in total. The van der Waals surface area contributed by atoms with Gasteiger partial charge in [-0.1, -0.05) is 58.0 Å². The van der Waals surface area contributed by atoms with Gasteiger partial charge in [-0.25, -0.2) is 9.89 Å². The van der Waals surface area contributed by atoms with E-state index in [1.807, 2.05) is 12.1 Å². The molecule has 0 saturated carbocycles. The number of nitrogens with zero attached hydrogens (tertiary/aromatic N) is 2. The van der Waals surface area contributed by atoms with Crippen molar-refractivity contribution in [3.63, 3.8) is 0 Å². The van der Waals surface area contributed by atoms with Crippen molar-refractivity contribution in [2.75, 3.05) is 6.61 Å². The second-order valence-corrected chi connectivity index (χ2v) is 7.89. The summed E-state index contributed by atoms with van der Waals surface area (Å²) in [5.41, 5.74) is 1.06. The first kappa shape index (κ1) is 16.9. The smallest absolute Gasteiger partial charge is 0.344 e. The van der Waals surface area contributed by atoms with E-state index in [0.717, 1.165) is 29.7 Å². The molecule has 0 aliphatic carbocycles. The standard InChI is InChI=1S/C18H18BrN3O2S/c19-16-8-2-6-14-12(4-1-7-15(14)16)11-25-18-21-20-17(23)22(18)10-13-5-3-9-24-13/h1-2,4,6-8,13H,3,5,9-11H2,(H,20,23). The molecule has 130 valence electrons. The number of rotatable bonds is 5. The number of nitrogens with one attached hydrogen (secondary N) is 1. The van der Waals surface area contributed by atoms with Crippen molar-refractivity contribution >= 4 is 38.5 Å². The number of thioether (sulfide) groups is 1. The van der Waals surface area contributed by atoms with Gasteiger partial charge in [0.15, 0.2) is 5.16 Å². The monoisotopic (exact) mass is 419 g/mol. The van der Waals surface area contributed by atoms with E-state index in [0.29, 0.717) is 11.7 Å². The normalized spacial score (nSPS) is 17.4. The van der Waals surface area contributed by atoms with Crippen molar-refractivity contribution in [1.82, 2.24) is 14.8 Å². The van der Waals surface area contributed by atoms with Crippen LogP contribution in [0.2, 0.25) is 0 Å². The van der Waals surface area contributed by atoms with E-state index in [1.165, 1.54) is 16.3 Å². The minimum absolute atomic E-state index is 0.114. The lowest BCUT2D eigenvalue weighted by atomic mass is 10.1. The predicted octanol–water partition coefficient (Wildman–Crippen LogP) is 3.96. The Morgan fingerprint density at radius 1 is 1.28 bits per heavy atom. The van der Waals surface area contributed by atoms with E-state index in [9.17, 15) is 4.79 Å². The van der Waals surface area contributed by atoms with Gasteiger partial charge in [0.1, 0.15) is 0 Å². The molecule has 1 aliphatic heterocycles. The van der Waals surface area contributed by atoms with Crippen LogP contribution in [0.4, 0.5) is 0 Å². The predicted molar refractivity (Wildman–Crippen MR) is 103 cm³/mol. The highest BCUT2D eigenvalue weighted by Gasteiger charge is 2.19. The molecule has 25 heavy (non-hydrogen) atoms. The lowest BCUT2D eigenvalue weighted by Crippen LogP contribution is -2.24. The molecule has 3 aromatic rings. The van der Waals surface area contributed by atoms with Gasteiger partial charge < -0.3 is 4.74 Å². The number of benzene rings is 2. The number of H-pyrrole nitrogens is 1. The van der Waals surface area contributed by atoms with Crippen LogP contribution in [0.15, 0.2) is 50.8 Å². The van der Waals surface area contributed by atoms with Crippen LogP contribution >= 0.6 is 27.7 Å². The Balaban J connectivity index is 1.56. The average molecular weight is 420 g/mol. The van der Waals surface area contributed by atoms with E-state index < -0.39 is 0 Å². The molecule has 0 radical (unpaired) electrons. The minimum atomic E-state index is -0.168. The number of hydrogen-bond acceptors (Lipinski definition) is 4. The third-order valence-electron chi connectivity index (χ3n) is 4.45. The van der Waals surface area contributed by atoms with E-state index in [4.69, 9.17) is 4.74 Å². The first-order valence-corrected chi connectivity index (χ1v) is 10.1. The second-order valence-electron chi connectivity index (χ2n) is 6.10. The van der Waals surface area contributed by atoms with Gasteiger partial charge in [0, 0.05) is 16.8 Å². The van der Waals surface area contributed by atoms with Gasteiger partial charge in [-0.15, -0.1) is 5.10 Å². The zero-order valence-electron chi connectivity index (χ0n) is 13.6. The fraction of sp³-hybridized carbons (Fsp3) is 0.333. The second kappa shape index (κ2) is 7.35. The highest BCUT2D eigenvalue weighted by Crippen LogP contribution is 2.30. The number of aromatic nitrogens is 3. The Kier molecular flexibility index (Phi) is 4.96. The van der Waals surface area contributed by atoms with Crippen LogP contribution in [-0.4, -0.2) is 27.5 Å². The molecule has 1 aliphatic rings. The molecule has 1 atom stereocenters. The molecule has 0 amide bonds. The molecule has 1 saturated heterocycles. The molecule has 7 heteroatoms. The third kappa shape index (κ3) is 3.54. The minimum Gasteiger partial charge on any atom is -0.376 e. The fourth-order valence-corrected chi connectivity index (χ4v) is 4.63. The summed E-state index contributed by atoms with van der Waals surface area (Å²) < 4.78 is 8.44. The summed E-state index contributed by atoms with van der Waals surface area (Å²) in [5.74, 6) is 0.754. The van der Waals surface area contributed by atoms with Gasteiger partial charge in [-0.3, -0.25) is 4.57 Å². The molecule has 2 heterocycles. The maximum absolute atomic E-state index is 12.1. The Morgan fingerprint density at radius 3 is 2.96 bits per heavy atom. The quantitative estimate of drug-likeness (QED) is 0.635. The number of ether oxygens (including phenoxy) is 1. The van der Waals surface area contributed by atoms with Crippen LogP contribution in [-0.2, 0) is 17.0 Å². The lowest BCUT2D eigenvalue weighted by molar-refractivity contribution is 0.0941. The summed E-state index contributed by atoms with van der Waals surface area (Å²) in [4.78, 5) is 12.1. The van der Waals surface area contributed by atoms with Crippen LogP contribution in [0.25, 0.3) is 10.8 Å². The molecule has 4 rings (SSSR count). The van der Waals surface area contributed by atoms with E-state index in [1.54, 1.807) is 16.3 Å². The lowest BCUT2D eigenvalue weighted by Gasteiger charge is -2.11.